The normalized spacial score (nSPS) is 11.5. The molecule has 0 aliphatic heterocycles. The van der Waals surface area contributed by atoms with Gasteiger partial charge in [-0.3, -0.25) is 0 Å². The summed E-state index contributed by atoms with van der Waals surface area (Å²) in [5, 5.41) is 9.55. The van der Waals surface area contributed by atoms with Crippen molar-refractivity contribution < 1.29 is 13.2 Å². The number of hydrogen-bond donors (Lipinski definition) is 0. The lowest BCUT2D eigenvalue weighted by atomic mass is 10.2. The summed E-state index contributed by atoms with van der Waals surface area (Å²) in [5.41, 5.74) is -0.0542. The minimum Gasteiger partial charge on any atom is -0.311 e. The summed E-state index contributed by atoms with van der Waals surface area (Å²) in [6.07, 6.45) is -3.69. The van der Waals surface area contributed by atoms with Gasteiger partial charge in [0.1, 0.15) is 17.2 Å². The molecule has 0 aromatic carbocycles. The second kappa shape index (κ2) is 7.49. The van der Waals surface area contributed by atoms with Crippen LogP contribution in [-0.4, -0.2) is 26.0 Å². The van der Waals surface area contributed by atoms with Crippen molar-refractivity contribution >= 4 is 40.3 Å². The van der Waals surface area contributed by atoms with E-state index in [4.69, 9.17) is 0 Å². The van der Waals surface area contributed by atoms with Crippen LogP contribution in [0.15, 0.2) is 16.5 Å². The third kappa shape index (κ3) is 3.70. The third-order valence-electron chi connectivity index (χ3n) is 3.13. The molecular weight excluding hydrogens is 357 g/mol. The molecule has 0 saturated heterocycles. The topological polar surface area (TPSA) is 54.5 Å². The number of rotatable bonds is 5. The van der Waals surface area contributed by atoms with Gasteiger partial charge in [0.2, 0.25) is 0 Å². The van der Waals surface area contributed by atoms with E-state index in [9.17, 15) is 18.4 Å². The predicted molar refractivity (Wildman–Crippen MR) is 92.3 cm³/mol. The highest BCUT2D eigenvalue weighted by molar-refractivity contribution is 8.22. The van der Waals surface area contributed by atoms with E-state index in [0.717, 1.165) is 28.0 Å². The molecule has 2 heterocycles. The van der Waals surface area contributed by atoms with E-state index in [1.165, 1.54) is 23.5 Å². The molecule has 0 fully saturated rings. The molecular formula is C15H15F3N4S2. The van der Waals surface area contributed by atoms with Crippen LogP contribution in [0.1, 0.15) is 25.2 Å². The van der Waals surface area contributed by atoms with Crippen molar-refractivity contribution in [1.82, 2.24) is 14.5 Å². The number of halogens is 3. The summed E-state index contributed by atoms with van der Waals surface area (Å²) in [6.45, 7) is 3.95. The van der Waals surface area contributed by atoms with Gasteiger partial charge in [0.15, 0.2) is 11.5 Å². The van der Waals surface area contributed by atoms with Crippen molar-refractivity contribution in [2.45, 2.75) is 20.0 Å². The molecule has 2 aromatic rings. The van der Waals surface area contributed by atoms with Crippen LogP contribution in [0.5, 0.6) is 0 Å². The molecule has 0 atom stereocenters. The third-order valence-corrected chi connectivity index (χ3v) is 5.34. The maximum Gasteiger partial charge on any atom is 0.417 e. The molecule has 0 aliphatic rings. The average molecular weight is 372 g/mol. The number of nitriles is 1. The van der Waals surface area contributed by atoms with Gasteiger partial charge in [-0.1, -0.05) is 13.8 Å². The Kier molecular flexibility index (Phi) is 5.83. The van der Waals surface area contributed by atoms with Gasteiger partial charge in [0.25, 0.3) is 0 Å². The molecule has 0 saturated carbocycles. The maximum absolute atomic E-state index is 12.8. The zero-order valence-corrected chi connectivity index (χ0v) is 14.9. The lowest BCUT2D eigenvalue weighted by molar-refractivity contribution is -0.137. The van der Waals surface area contributed by atoms with E-state index in [0.29, 0.717) is 17.0 Å². The van der Waals surface area contributed by atoms with Gasteiger partial charge in [-0.25, -0.2) is 9.97 Å². The monoisotopic (exact) mass is 372 g/mol. The molecule has 2 aromatic heterocycles. The summed E-state index contributed by atoms with van der Waals surface area (Å²) in [5.74, 6) is 1.90. The highest BCUT2D eigenvalue weighted by Crippen LogP contribution is 2.36. The smallest absolute Gasteiger partial charge is 0.311 e. The average Bonchev–Trinajstić information content (AvgIpc) is 2.84. The lowest BCUT2D eigenvalue weighted by Crippen LogP contribution is -2.05. The van der Waals surface area contributed by atoms with Crippen molar-refractivity contribution in [3.63, 3.8) is 0 Å². The Morgan fingerprint density at radius 3 is 2.42 bits per heavy atom. The number of pyridine rings is 1. The van der Waals surface area contributed by atoms with Crippen LogP contribution in [0.25, 0.3) is 16.7 Å². The number of fused-ring (bicyclic) bond motifs is 1. The van der Waals surface area contributed by atoms with Crippen molar-refractivity contribution in [1.29, 1.82) is 5.26 Å². The van der Waals surface area contributed by atoms with Gasteiger partial charge < -0.3 is 4.57 Å². The maximum atomic E-state index is 12.8. The van der Waals surface area contributed by atoms with Crippen molar-refractivity contribution in [2.24, 2.45) is 7.05 Å². The van der Waals surface area contributed by atoms with Crippen LogP contribution >= 0.6 is 23.5 Å². The number of aryl methyl sites for hydroxylation is 1. The zero-order valence-electron chi connectivity index (χ0n) is 13.3. The van der Waals surface area contributed by atoms with E-state index in [1.54, 1.807) is 11.6 Å². The molecule has 9 heteroatoms. The summed E-state index contributed by atoms with van der Waals surface area (Å²) in [4.78, 5) is 8.11. The van der Waals surface area contributed by atoms with Crippen molar-refractivity contribution in [2.75, 3.05) is 11.5 Å². The van der Waals surface area contributed by atoms with Crippen LogP contribution < -0.4 is 0 Å². The molecule has 0 bridgehead atoms. The number of thioether (sulfide) groups is 2. The minimum absolute atomic E-state index is 0.123. The van der Waals surface area contributed by atoms with E-state index >= 15 is 0 Å². The Labute approximate surface area is 146 Å². The Morgan fingerprint density at radius 2 is 1.92 bits per heavy atom. The minimum atomic E-state index is -4.48. The quantitative estimate of drug-likeness (QED) is 0.713. The van der Waals surface area contributed by atoms with Crippen LogP contribution in [0.4, 0.5) is 13.2 Å². The summed E-state index contributed by atoms with van der Waals surface area (Å²) < 4.78 is 40.9. The second-order valence-electron chi connectivity index (χ2n) is 4.70. The first-order valence-corrected chi connectivity index (χ1v) is 9.10. The standard InChI is InChI=1S/C15H15F3N4S2/c1-4-23-14(24-5-2)10(7-19)12-21-11-6-9(15(16,17)18)8-20-13(11)22(12)3/h6,8H,4-5H2,1-3H3. The fraction of sp³-hybridized carbons (Fsp3) is 0.400. The highest BCUT2D eigenvalue weighted by atomic mass is 32.2. The predicted octanol–water partition coefficient (Wildman–Crippen LogP) is 4.69. The number of allylic oxidation sites excluding steroid dienone is 1. The van der Waals surface area contributed by atoms with Crippen LogP contribution in [0.2, 0.25) is 0 Å². The molecule has 0 aliphatic carbocycles. The SMILES string of the molecule is CCSC(SCC)=C(C#N)c1nc2cc(C(F)(F)F)cnc2n1C. The molecule has 2 rings (SSSR count). The number of alkyl halides is 3. The van der Waals surface area contributed by atoms with Gasteiger partial charge in [0, 0.05) is 13.2 Å². The second-order valence-corrected chi connectivity index (χ2v) is 7.51. The Bertz CT molecular complexity index is 810. The van der Waals surface area contributed by atoms with Crippen molar-refractivity contribution in [3.8, 4) is 6.07 Å². The van der Waals surface area contributed by atoms with Gasteiger partial charge >= 0.3 is 6.18 Å². The molecule has 0 unspecified atom stereocenters. The summed E-state index contributed by atoms with van der Waals surface area (Å²) in [6, 6.07) is 3.10. The van der Waals surface area contributed by atoms with Crippen LogP contribution in [0.3, 0.4) is 0 Å². The first-order chi connectivity index (χ1) is 11.3. The highest BCUT2D eigenvalue weighted by Gasteiger charge is 2.32. The fourth-order valence-corrected chi connectivity index (χ4v) is 4.22. The fourth-order valence-electron chi connectivity index (χ4n) is 2.09. The molecule has 0 spiro atoms. The van der Waals surface area contributed by atoms with E-state index in [2.05, 4.69) is 16.0 Å². The number of hydrogen-bond acceptors (Lipinski definition) is 5. The zero-order chi connectivity index (χ0) is 17.9. The van der Waals surface area contributed by atoms with Crippen LogP contribution in [-0.2, 0) is 13.2 Å². The van der Waals surface area contributed by atoms with Crippen molar-refractivity contribution in [3.05, 3.63) is 27.9 Å². The largest absolute Gasteiger partial charge is 0.417 e. The molecule has 128 valence electrons. The van der Waals surface area contributed by atoms with E-state index in [1.807, 2.05) is 13.8 Å². The van der Waals surface area contributed by atoms with Gasteiger partial charge in [-0.05, 0) is 17.6 Å². The van der Waals surface area contributed by atoms with Gasteiger partial charge in [-0.15, -0.1) is 23.5 Å². The van der Waals surface area contributed by atoms with E-state index < -0.39 is 11.7 Å². The molecule has 0 radical (unpaired) electrons. The summed E-state index contributed by atoms with van der Waals surface area (Å²) in [7, 11) is 1.65. The van der Waals surface area contributed by atoms with Gasteiger partial charge in [-0.2, -0.15) is 18.4 Å². The molecule has 4 nitrogen and oxygen atoms in total. The Morgan fingerprint density at radius 1 is 1.29 bits per heavy atom. The van der Waals surface area contributed by atoms with Gasteiger partial charge in [0.05, 0.1) is 9.80 Å². The number of nitrogens with zero attached hydrogens (tertiary/aromatic N) is 4. The number of aromatic nitrogens is 3. The van der Waals surface area contributed by atoms with Crippen LogP contribution in [0, 0.1) is 11.3 Å². The first-order valence-electron chi connectivity index (χ1n) is 7.13. The Balaban J connectivity index is 2.65. The summed E-state index contributed by atoms with van der Waals surface area (Å²) >= 11 is 3.04. The molecule has 0 N–H and O–H groups in total. The Hall–Kier alpha value is -1.66. The first kappa shape index (κ1) is 18.7. The molecule has 0 amide bonds. The van der Waals surface area contributed by atoms with E-state index in [-0.39, 0.29) is 5.52 Å². The number of imidazole rings is 1. The lowest BCUT2D eigenvalue weighted by Gasteiger charge is -2.07. The molecule has 24 heavy (non-hydrogen) atoms.